The summed E-state index contributed by atoms with van der Waals surface area (Å²) < 4.78 is 1.35. The lowest BCUT2D eigenvalue weighted by Gasteiger charge is -2.47. The molecule has 41 heavy (non-hydrogen) atoms. The molecule has 6 heterocycles. The first-order valence-electron chi connectivity index (χ1n) is 14.6. The van der Waals surface area contributed by atoms with E-state index in [0.29, 0.717) is 29.8 Å². The van der Waals surface area contributed by atoms with E-state index in [1.54, 1.807) is 0 Å². The van der Waals surface area contributed by atoms with E-state index < -0.39 is 11.9 Å². The number of aromatic nitrogens is 4. The number of rotatable bonds is 9. The second kappa shape index (κ2) is 9.87. The van der Waals surface area contributed by atoms with Crippen molar-refractivity contribution in [3.63, 3.8) is 0 Å². The number of likely N-dealkylation sites (tertiary alicyclic amines) is 1. The Labute approximate surface area is 241 Å². The molecule has 3 unspecified atom stereocenters. The zero-order chi connectivity index (χ0) is 28.6. The quantitative estimate of drug-likeness (QED) is 0.327. The molecule has 1 aliphatic carbocycles. The van der Waals surface area contributed by atoms with Crippen LogP contribution in [0.4, 0.5) is 0 Å². The molecule has 1 aromatic heterocycles. The van der Waals surface area contributed by atoms with Gasteiger partial charge in [-0.05, 0) is 41.5 Å². The van der Waals surface area contributed by atoms with Crippen LogP contribution >= 0.6 is 11.8 Å². The van der Waals surface area contributed by atoms with Gasteiger partial charge < -0.3 is 25.5 Å². The van der Waals surface area contributed by atoms with Crippen LogP contribution in [-0.2, 0) is 25.7 Å². The Kier molecular flexibility index (Phi) is 6.51. The summed E-state index contributed by atoms with van der Waals surface area (Å²) in [6.45, 7) is 7.18. The van der Waals surface area contributed by atoms with Gasteiger partial charge in [-0.1, -0.05) is 13.8 Å². The maximum Gasteiger partial charge on any atom is 0.353 e. The normalized spacial score (nSPS) is 37.9. The molecule has 4 saturated heterocycles. The van der Waals surface area contributed by atoms with Crippen molar-refractivity contribution in [3.8, 4) is 0 Å². The molecule has 5 aliphatic heterocycles. The van der Waals surface area contributed by atoms with Crippen molar-refractivity contribution in [1.82, 2.24) is 40.6 Å². The number of amides is 2. The van der Waals surface area contributed by atoms with Gasteiger partial charge in [-0.15, -0.1) is 16.9 Å². The highest BCUT2D eigenvalue weighted by molar-refractivity contribution is 8.03. The Morgan fingerprint density at radius 1 is 1.27 bits per heavy atom. The Hall–Kier alpha value is -2.84. The summed E-state index contributed by atoms with van der Waals surface area (Å²) in [5, 5.41) is 28.0. The lowest BCUT2D eigenvalue weighted by Crippen LogP contribution is -2.62. The van der Waals surface area contributed by atoms with Crippen LogP contribution in [0.25, 0.3) is 0 Å². The number of carboxylic acids is 1. The molecule has 7 rings (SSSR count). The summed E-state index contributed by atoms with van der Waals surface area (Å²) in [5.74, 6) is -1.51. The summed E-state index contributed by atoms with van der Waals surface area (Å²) in [6, 6.07) is 0.0628. The number of aliphatic carboxylic acids is 1. The molecule has 0 aromatic carbocycles. The van der Waals surface area contributed by atoms with Crippen molar-refractivity contribution < 1.29 is 24.3 Å². The SMILES string of the molecule is C[C@@H](CC(=O)Cn1cnnn1)[C@H]1C(=O)N2C(C(=O)O)=C(S[C@@H]3CN[C@H](C(=O)N4CC5CC6CC5(CN6)C4)C3)[C@H](C)[C@H]12. The number of carboxylic acid groups (broad SMARTS) is 1. The fourth-order valence-electron chi connectivity index (χ4n) is 8.58. The average molecular weight is 585 g/mol. The van der Waals surface area contributed by atoms with E-state index in [1.165, 1.54) is 34.1 Å². The molecule has 5 fully saturated rings. The van der Waals surface area contributed by atoms with Crippen molar-refractivity contribution in [1.29, 1.82) is 0 Å². The standard InChI is InChI=1S/C27H36N8O5S/c1-13(3-17(36)9-34-12-30-31-32-34)20-21-14(2)23(22(26(39)40)35(21)25(20)38)41-18-5-19(28-7-18)24(37)33-8-15-4-16-6-27(15,11-33)10-29-16/h12-16,18-21,28-29H,3-11H2,1-2H3,(H,39,40)/t13-,14+,15?,16?,18-,19-,20+,21+,27?/m0/s1. The van der Waals surface area contributed by atoms with E-state index in [1.807, 2.05) is 13.8 Å². The molecule has 220 valence electrons. The molecule has 9 atom stereocenters. The van der Waals surface area contributed by atoms with Gasteiger partial charge in [0, 0.05) is 60.1 Å². The van der Waals surface area contributed by atoms with Gasteiger partial charge >= 0.3 is 5.97 Å². The number of hydrogen-bond donors (Lipinski definition) is 3. The maximum atomic E-state index is 13.5. The molecule has 3 N–H and O–H groups in total. The second-order valence-corrected chi connectivity index (χ2v) is 14.3. The molecule has 14 heteroatoms. The number of tetrazole rings is 1. The Bertz CT molecular complexity index is 1320. The molecule has 0 radical (unpaired) electrons. The molecular formula is C27H36N8O5S. The van der Waals surface area contributed by atoms with Gasteiger partial charge in [-0.25, -0.2) is 9.48 Å². The number of carbonyl (C=O) groups excluding carboxylic acids is 3. The zero-order valence-electron chi connectivity index (χ0n) is 23.2. The molecule has 2 amide bonds. The predicted molar refractivity (Wildman–Crippen MR) is 146 cm³/mol. The number of fused-ring (bicyclic) bond motifs is 2. The van der Waals surface area contributed by atoms with Crippen LogP contribution in [0, 0.1) is 29.1 Å². The molecular weight excluding hydrogens is 548 g/mol. The van der Waals surface area contributed by atoms with Crippen molar-refractivity contribution in [2.75, 3.05) is 26.2 Å². The Morgan fingerprint density at radius 3 is 2.80 bits per heavy atom. The van der Waals surface area contributed by atoms with Gasteiger partial charge in [0.25, 0.3) is 0 Å². The molecule has 6 aliphatic rings. The number of thioether (sulfide) groups is 1. The zero-order valence-corrected chi connectivity index (χ0v) is 24.0. The number of β-lactam (4-membered cyclic amide) rings is 1. The molecule has 1 aromatic rings. The fraction of sp³-hybridized carbons (Fsp3) is 0.741. The summed E-state index contributed by atoms with van der Waals surface area (Å²) in [6.07, 6.45) is 4.52. The number of nitrogens with zero attached hydrogens (tertiary/aromatic N) is 6. The number of Topliss-reactive ketones (excluding diaryl/α,β-unsaturated/α-hetero) is 1. The van der Waals surface area contributed by atoms with E-state index >= 15 is 0 Å². The third-order valence-electron chi connectivity index (χ3n) is 10.5. The highest BCUT2D eigenvalue weighted by atomic mass is 32.2. The van der Waals surface area contributed by atoms with E-state index in [-0.39, 0.29) is 70.8 Å². The third-order valence-corrected chi connectivity index (χ3v) is 12.0. The van der Waals surface area contributed by atoms with Crippen LogP contribution in [0.1, 0.15) is 39.5 Å². The second-order valence-electron chi connectivity index (χ2n) is 13.0. The Morgan fingerprint density at radius 2 is 2.10 bits per heavy atom. The van der Waals surface area contributed by atoms with E-state index in [9.17, 15) is 24.3 Å². The van der Waals surface area contributed by atoms with Crippen molar-refractivity contribution >= 4 is 35.3 Å². The van der Waals surface area contributed by atoms with Gasteiger partial charge in [-0.2, -0.15) is 0 Å². The Balaban J connectivity index is 0.989. The number of hydrogen-bond acceptors (Lipinski definition) is 10. The van der Waals surface area contributed by atoms with Crippen LogP contribution in [0.2, 0.25) is 0 Å². The average Bonchev–Trinajstić information content (AvgIpc) is 3.75. The van der Waals surface area contributed by atoms with Gasteiger partial charge in [0.1, 0.15) is 18.6 Å². The fourth-order valence-corrected chi connectivity index (χ4v) is 10.1. The minimum atomic E-state index is -1.11. The van der Waals surface area contributed by atoms with Crippen molar-refractivity contribution in [3.05, 3.63) is 16.9 Å². The first kappa shape index (κ1) is 27.0. The lowest BCUT2D eigenvalue weighted by atomic mass is 9.73. The van der Waals surface area contributed by atoms with E-state index in [2.05, 4.69) is 31.1 Å². The van der Waals surface area contributed by atoms with Gasteiger partial charge in [0.15, 0.2) is 5.78 Å². The number of nitrogens with one attached hydrogen (secondary N) is 2. The van der Waals surface area contributed by atoms with Crippen LogP contribution in [0.3, 0.4) is 0 Å². The smallest absolute Gasteiger partial charge is 0.353 e. The van der Waals surface area contributed by atoms with Gasteiger partial charge in [-0.3, -0.25) is 14.4 Å². The van der Waals surface area contributed by atoms with Gasteiger partial charge in [0.05, 0.1) is 18.0 Å². The summed E-state index contributed by atoms with van der Waals surface area (Å²) in [5.41, 5.74) is 0.310. The van der Waals surface area contributed by atoms with Crippen molar-refractivity contribution in [2.45, 2.75) is 69.5 Å². The summed E-state index contributed by atoms with van der Waals surface area (Å²) in [4.78, 5) is 55.9. The highest BCUT2D eigenvalue weighted by Gasteiger charge is 2.61. The minimum Gasteiger partial charge on any atom is -0.477 e. The predicted octanol–water partition coefficient (Wildman–Crippen LogP) is -0.285. The molecule has 1 saturated carbocycles. The summed E-state index contributed by atoms with van der Waals surface area (Å²) in [7, 11) is 0. The maximum absolute atomic E-state index is 13.5. The van der Waals surface area contributed by atoms with Crippen LogP contribution < -0.4 is 10.6 Å². The molecule has 1 spiro atoms. The molecule has 13 nitrogen and oxygen atoms in total. The van der Waals surface area contributed by atoms with Gasteiger partial charge in [0.2, 0.25) is 11.8 Å². The third kappa shape index (κ3) is 4.32. The lowest BCUT2D eigenvalue weighted by molar-refractivity contribution is -0.160. The first-order chi connectivity index (χ1) is 19.6. The first-order valence-corrected chi connectivity index (χ1v) is 15.5. The number of carbonyl (C=O) groups is 4. The molecule has 2 bridgehead atoms. The van der Waals surface area contributed by atoms with E-state index in [4.69, 9.17) is 0 Å². The van der Waals surface area contributed by atoms with Crippen LogP contribution in [-0.4, -0.2) is 108 Å². The minimum absolute atomic E-state index is 0.0347. The monoisotopic (exact) mass is 584 g/mol. The van der Waals surface area contributed by atoms with Crippen LogP contribution in [0.5, 0.6) is 0 Å². The summed E-state index contributed by atoms with van der Waals surface area (Å²) >= 11 is 1.50. The highest BCUT2D eigenvalue weighted by Crippen LogP contribution is 2.54. The topological polar surface area (TPSA) is 163 Å². The largest absolute Gasteiger partial charge is 0.477 e. The number of ketones is 1. The van der Waals surface area contributed by atoms with Crippen LogP contribution in [0.15, 0.2) is 16.9 Å². The van der Waals surface area contributed by atoms with E-state index in [0.717, 1.165) is 26.1 Å². The van der Waals surface area contributed by atoms with Crippen molar-refractivity contribution in [2.24, 2.45) is 29.1 Å². The number of piperidine rings is 1.